The Bertz CT molecular complexity index is 1560. The number of anilines is 2. The van der Waals surface area contributed by atoms with Crippen LogP contribution in [0.4, 0.5) is 11.4 Å². The molecule has 1 amide bonds. The molecular weight excluding hydrogens is 476 g/mol. The largest absolute Gasteiger partial charge is 0.328 e. The summed E-state index contributed by atoms with van der Waals surface area (Å²) in [5.74, 6) is -0.533. The van der Waals surface area contributed by atoms with E-state index in [9.17, 15) is 18.0 Å². The summed E-state index contributed by atoms with van der Waals surface area (Å²) in [6.45, 7) is 1.28. The van der Waals surface area contributed by atoms with Crippen LogP contribution in [0.5, 0.6) is 0 Å². The minimum absolute atomic E-state index is 0.0675. The second kappa shape index (κ2) is 9.00. The van der Waals surface area contributed by atoms with E-state index in [1.165, 1.54) is 21.3 Å². The molecule has 10 heteroatoms. The number of halogens is 1. The van der Waals surface area contributed by atoms with Crippen molar-refractivity contribution >= 4 is 49.9 Å². The second-order valence-electron chi connectivity index (χ2n) is 7.91. The lowest BCUT2D eigenvalue weighted by Crippen LogP contribution is -2.38. The van der Waals surface area contributed by atoms with Crippen molar-refractivity contribution in [1.82, 2.24) is 9.13 Å². The summed E-state index contributed by atoms with van der Waals surface area (Å²) in [5.41, 5.74) is 2.59. The predicted molar refractivity (Wildman–Crippen MR) is 134 cm³/mol. The lowest BCUT2D eigenvalue weighted by atomic mass is 10.2. The van der Waals surface area contributed by atoms with Gasteiger partial charge in [0.2, 0.25) is 5.91 Å². The van der Waals surface area contributed by atoms with Crippen molar-refractivity contribution in [1.29, 1.82) is 0 Å². The fraction of sp³-hybridized carbons (Fsp3) is 0.167. The number of aromatic nitrogens is 2. The number of rotatable bonds is 6. The Morgan fingerprint density at radius 3 is 2.32 bits per heavy atom. The fourth-order valence-electron chi connectivity index (χ4n) is 3.83. The van der Waals surface area contributed by atoms with Crippen LogP contribution in [0.3, 0.4) is 0 Å². The van der Waals surface area contributed by atoms with Gasteiger partial charge in [-0.3, -0.25) is 18.2 Å². The first-order valence-electron chi connectivity index (χ1n) is 10.4. The molecule has 4 aromatic rings. The third kappa shape index (κ3) is 4.32. The molecule has 0 spiro atoms. The number of benzene rings is 3. The van der Waals surface area contributed by atoms with Crippen molar-refractivity contribution in [2.24, 2.45) is 14.1 Å². The molecule has 0 radical (unpaired) electrons. The van der Waals surface area contributed by atoms with Crippen molar-refractivity contribution in [2.75, 3.05) is 16.2 Å². The monoisotopic (exact) mass is 498 g/mol. The van der Waals surface area contributed by atoms with E-state index in [2.05, 4.69) is 5.32 Å². The van der Waals surface area contributed by atoms with Gasteiger partial charge in [-0.15, -0.1) is 0 Å². The minimum atomic E-state index is -4.04. The maximum atomic E-state index is 13.5. The summed E-state index contributed by atoms with van der Waals surface area (Å²) < 4.78 is 31.0. The molecule has 0 atom stereocenters. The molecule has 0 bridgehead atoms. The second-order valence-corrected chi connectivity index (χ2v) is 10.2. The molecule has 8 nitrogen and oxygen atoms in total. The van der Waals surface area contributed by atoms with E-state index in [0.717, 1.165) is 9.82 Å². The number of imidazole rings is 1. The molecule has 0 unspecified atom stereocenters. The SMILES string of the molecule is Cc1cc(Cl)ccc1N(CC(=O)Nc1ccc2c(c1)n(C)c(=O)n2C)S(=O)(=O)c1ccccc1. The van der Waals surface area contributed by atoms with Crippen LogP contribution in [-0.2, 0) is 28.9 Å². The van der Waals surface area contributed by atoms with E-state index in [0.29, 0.717) is 27.5 Å². The number of nitrogens with zero attached hydrogens (tertiary/aromatic N) is 3. The number of nitrogens with one attached hydrogen (secondary N) is 1. The van der Waals surface area contributed by atoms with Crippen LogP contribution < -0.4 is 15.3 Å². The maximum absolute atomic E-state index is 13.5. The molecule has 0 aliphatic heterocycles. The Morgan fingerprint density at radius 2 is 1.65 bits per heavy atom. The normalized spacial score (nSPS) is 11.5. The van der Waals surface area contributed by atoms with Gasteiger partial charge in [-0.05, 0) is 61.0 Å². The molecule has 1 N–H and O–H groups in total. The number of fused-ring (bicyclic) bond motifs is 1. The quantitative estimate of drug-likeness (QED) is 0.439. The number of hydrogen-bond donors (Lipinski definition) is 1. The van der Waals surface area contributed by atoms with E-state index in [-0.39, 0.29) is 10.6 Å². The zero-order valence-electron chi connectivity index (χ0n) is 18.8. The Hall–Kier alpha value is -3.56. The van der Waals surface area contributed by atoms with Gasteiger partial charge in [0.25, 0.3) is 10.0 Å². The van der Waals surface area contributed by atoms with Gasteiger partial charge in [0, 0.05) is 24.8 Å². The zero-order chi connectivity index (χ0) is 24.6. The first-order chi connectivity index (χ1) is 16.1. The van der Waals surface area contributed by atoms with Crippen LogP contribution >= 0.6 is 11.6 Å². The third-order valence-corrected chi connectivity index (χ3v) is 7.61. The number of aryl methyl sites for hydroxylation is 3. The van der Waals surface area contributed by atoms with Gasteiger partial charge in [-0.1, -0.05) is 29.8 Å². The molecule has 0 fully saturated rings. The van der Waals surface area contributed by atoms with Gasteiger partial charge >= 0.3 is 5.69 Å². The zero-order valence-corrected chi connectivity index (χ0v) is 20.4. The van der Waals surface area contributed by atoms with Crippen molar-refractivity contribution in [2.45, 2.75) is 11.8 Å². The molecular formula is C24H23ClN4O4S. The minimum Gasteiger partial charge on any atom is -0.324 e. The molecule has 0 aliphatic rings. The van der Waals surface area contributed by atoms with Crippen LogP contribution in [0.2, 0.25) is 5.02 Å². The molecule has 34 heavy (non-hydrogen) atoms. The van der Waals surface area contributed by atoms with Crippen molar-refractivity contribution in [3.63, 3.8) is 0 Å². The van der Waals surface area contributed by atoms with Crippen LogP contribution in [0.25, 0.3) is 11.0 Å². The number of amides is 1. The highest BCUT2D eigenvalue weighted by atomic mass is 35.5. The summed E-state index contributed by atoms with van der Waals surface area (Å²) in [6.07, 6.45) is 0. The third-order valence-electron chi connectivity index (χ3n) is 5.60. The highest BCUT2D eigenvalue weighted by Crippen LogP contribution is 2.29. The molecule has 1 aromatic heterocycles. The van der Waals surface area contributed by atoms with Gasteiger partial charge < -0.3 is 5.32 Å². The lowest BCUT2D eigenvalue weighted by Gasteiger charge is -2.25. The fourth-order valence-corrected chi connectivity index (χ4v) is 5.57. The van der Waals surface area contributed by atoms with E-state index in [1.807, 2.05) is 0 Å². The predicted octanol–water partition coefficient (Wildman–Crippen LogP) is 3.67. The standard InChI is InChI=1S/C24H23ClN4O4S/c1-16-13-17(25)9-11-20(16)29(34(32,33)19-7-5-4-6-8-19)15-23(30)26-18-10-12-21-22(14-18)28(3)24(31)27(21)2/h4-14H,15H2,1-3H3,(H,26,30). The van der Waals surface area contributed by atoms with Gasteiger partial charge in [-0.2, -0.15) is 0 Å². The lowest BCUT2D eigenvalue weighted by molar-refractivity contribution is -0.114. The average Bonchev–Trinajstić information content (AvgIpc) is 3.02. The molecule has 1 heterocycles. The van der Waals surface area contributed by atoms with Crippen LogP contribution in [0.1, 0.15) is 5.56 Å². The smallest absolute Gasteiger partial charge is 0.324 e. The number of hydrogen-bond acceptors (Lipinski definition) is 4. The van der Waals surface area contributed by atoms with Gasteiger partial charge in [0.15, 0.2) is 0 Å². The Balaban J connectivity index is 1.69. The Morgan fingerprint density at radius 1 is 0.971 bits per heavy atom. The van der Waals surface area contributed by atoms with Crippen molar-refractivity contribution in [3.05, 3.63) is 87.8 Å². The number of carbonyl (C=O) groups is 1. The summed E-state index contributed by atoms with van der Waals surface area (Å²) in [5, 5.41) is 3.21. The Kier molecular flexibility index (Phi) is 6.24. The molecule has 0 saturated carbocycles. The Labute approximate surface area is 202 Å². The maximum Gasteiger partial charge on any atom is 0.328 e. The van der Waals surface area contributed by atoms with Gasteiger partial charge in [0.05, 0.1) is 21.6 Å². The topological polar surface area (TPSA) is 93.4 Å². The molecule has 0 aliphatic carbocycles. The highest BCUT2D eigenvalue weighted by Gasteiger charge is 2.28. The van der Waals surface area contributed by atoms with Crippen molar-refractivity contribution < 1.29 is 13.2 Å². The number of carbonyl (C=O) groups excluding carboxylic acids is 1. The van der Waals surface area contributed by atoms with Gasteiger partial charge in [0.1, 0.15) is 6.54 Å². The summed E-state index contributed by atoms with van der Waals surface area (Å²) >= 11 is 6.07. The molecule has 4 rings (SSSR count). The first kappa shape index (κ1) is 23.6. The van der Waals surface area contributed by atoms with E-state index in [1.54, 1.807) is 75.6 Å². The van der Waals surface area contributed by atoms with E-state index in [4.69, 9.17) is 11.6 Å². The van der Waals surface area contributed by atoms with Crippen LogP contribution in [-0.4, -0.2) is 30.0 Å². The van der Waals surface area contributed by atoms with E-state index >= 15 is 0 Å². The molecule has 3 aromatic carbocycles. The van der Waals surface area contributed by atoms with Crippen LogP contribution in [0.15, 0.2) is 76.4 Å². The van der Waals surface area contributed by atoms with Gasteiger partial charge in [-0.25, -0.2) is 13.2 Å². The molecule has 176 valence electrons. The summed E-state index contributed by atoms with van der Waals surface area (Å²) in [4.78, 5) is 25.3. The first-order valence-corrected chi connectivity index (χ1v) is 12.2. The molecule has 0 saturated heterocycles. The summed E-state index contributed by atoms with van der Waals surface area (Å²) in [6, 6.07) is 17.8. The number of sulfonamides is 1. The highest BCUT2D eigenvalue weighted by molar-refractivity contribution is 7.92. The average molecular weight is 499 g/mol. The summed E-state index contributed by atoms with van der Waals surface area (Å²) in [7, 11) is -0.723. The van der Waals surface area contributed by atoms with Crippen LogP contribution in [0, 0.1) is 6.92 Å². The van der Waals surface area contributed by atoms with Crippen molar-refractivity contribution in [3.8, 4) is 0 Å². The van der Waals surface area contributed by atoms with E-state index < -0.39 is 22.5 Å².